The van der Waals surface area contributed by atoms with Crippen LogP contribution in [0.2, 0.25) is 0 Å². The van der Waals surface area contributed by atoms with Crippen molar-refractivity contribution in [2.24, 2.45) is 10.2 Å². The van der Waals surface area contributed by atoms with Crippen LogP contribution in [0.15, 0.2) is 101 Å². The molecule has 8 heteroatoms. The van der Waals surface area contributed by atoms with E-state index in [4.69, 9.17) is 18.9 Å². The van der Waals surface area contributed by atoms with Crippen LogP contribution in [0.5, 0.6) is 23.0 Å². The predicted octanol–water partition coefficient (Wildman–Crippen LogP) is 10.8. The molecule has 8 nitrogen and oxygen atoms in total. The fourth-order valence-electron chi connectivity index (χ4n) is 4.58. The lowest BCUT2D eigenvalue weighted by Gasteiger charge is -2.11. The third-order valence-corrected chi connectivity index (χ3v) is 7.36. The Labute approximate surface area is 277 Å². The molecule has 0 radical (unpaired) electrons. The molecule has 0 fully saturated rings. The molecular weight excluding hydrogens is 592 g/mol. The Morgan fingerprint density at radius 2 is 1.06 bits per heavy atom. The van der Waals surface area contributed by atoms with Gasteiger partial charge >= 0.3 is 11.9 Å². The summed E-state index contributed by atoms with van der Waals surface area (Å²) in [7, 11) is 0. The van der Waals surface area contributed by atoms with E-state index in [1.807, 2.05) is 31.2 Å². The molecule has 47 heavy (non-hydrogen) atoms. The Balaban J connectivity index is 1.45. The minimum atomic E-state index is -0.597. The van der Waals surface area contributed by atoms with Gasteiger partial charge in [-0.1, -0.05) is 70.1 Å². The number of rotatable bonds is 18. The Morgan fingerprint density at radius 1 is 0.553 bits per heavy atom. The van der Waals surface area contributed by atoms with Gasteiger partial charge in [0.15, 0.2) is 5.75 Å². The van der Waals surface area contributed by atoms with Gasteiger partial charge in [0.05, 0.1) is 30.0 Å². The van der Waals surface area contributed by atoms with E-state index < -0.39 is 11.9 Å². The monoisotopic (exact) mass is 636 g/mol. The first-order valence-corrected chi connectivity index (χ1v) is 16.5. The summed E-state index contributed by atoms with van der Waals surface area (Å²) in [4.78, 5) is 26.2. The number of esters is 2. The van der Waals surface area contributed by atoms with Gasteiger partial charge in [0.1, 0.15) is 22.9 Å². The van der Waals surface area contributed by atoms with E-state index in [1.165, 1.54) is 31.7 Å². The second-order valence-electron chi connectivity index (χ2n) is 11.3. The number of nitrogens with zero attached hydrogens (tertiary/aromatic N) is 2. The van der Waals surface area contributed by atoms with Gasteiger partial charge in [0.25, 0.3) is 0 Å². The molecule has 0 bridgehead atoms. The van der Waals surface area contributed by atoms with Gasteiger partial charge in [-0.2, -0.15) is 5.11 Å². The first-order valence-electron chi connectivity index (χ1n) is 16.5. The molecule has 0 N–H and O–H groups in total. The van der Waals surface area contributed by atoms with Gasteiger partial charge in [-0.3, -0.25) is 0 Å². The molecular formula is C39H44N2O6. The smallest absolute Gasteiger partial charge is 0.343 e. The topological polar surface area (TPSA) is 95.8 Å². The number of hydrogen-bond donors (Lipinski definition) is 0. The first-order chi connectivity index (χ1) is 22.9. The SMILES string of the molecule is CCCCCCOc1ccc(C(=O)Oc2ccc(N=Nc3ccc(C)cc3)c(OC(=O)c3ccc(OCCCCCC)cc3)c2)cc1. The van der Waals surface area contributed by atoms with Crippen LogP contribution in [0.3, 0.4) is 0 Å². The molecule has 246 valence electrons. The minimum Gasteiger partial charge on any atom is -0.494 e. The predicted molar refractivity (Wildman–Crippen MR) is 184 cm³/mol. The Bertz CT molecular complexity index is 1580. The van der Waals surface area contributed by atoms with Crippen molar-refractivity contribution >= 4 is 23.3 Å². The highest BCUT2D eigenvalue weighted by Crippen LogP contribution is 2.34. The summed E-state index contributed by atoms with van der Waals surface area (Å²) in [5, 5.41) is 8.62. The number of unbranched alkanes of at least 4 members (excludes halogenated alkanes) is 6. The minimum absolute atomic E-state index is 0.0965. The van der Waals surface area contributed by atoms with Crippen molar-refractivity contribution < 1.29 is 28.5 Å². The number of benzene rings is 4. The van der Waals surface area contributed by atoms with Gasteiger partial charge in [-0.25, -0.2) is 9.59 Å². The summed E-state index contributed by atoms with van der Waals surface area (Å²) >= 11 is 0. The molecule has 0 saturated carbocycles. The molecule has 0 amide bonds. The molecule has 0 heterocycles. The Hall–Kier alpha value is -4.98. The van der Waals surface area contributed by atoms with Crippen molar-refractivity contribution in [3.63, 3.8) is 0 Å². The maximum atomic E-state index is 13.2. The Morgan fingerprint density at radius 3 is 1.60 bits per heavy atom. The molecule has 0 spiro atoms. The number of carbonyl (C=O) groups is 2. The quantitative estimate of drug-likeness (QED) is 0.0467. The van der Waals surface area contributed by atoms with E-state index in [0.717, 1.165) is 31.2 Å². The number of ether oxygens (including phenoxy) is 4. The van der Waals surface area contributed by atoms with E-state index >= 15 is 0 Å². The lowest BCUT2D eigenvalue weighted by atomic mass is 10.2. The average molecular weight is 637 g/mol. The maximum Gasteiger partial charge on any atom is 0.343 e. The van der Waals surface area contributed by atoms with Crippen LogP contribution in [-0.2, 0) is 0 Å². The second-order valence-corrected chi connectivity index (χ2v) is 11.3. The van der Waals surface area contributed by atoms with Gasteiger partial charge < -0.3 is 18.9 Å². The number of azo groups is 1. The van der Waals surface area contributed by atoms with E-state index in [-0.39, 0.29) is 11.5 Å². The van der Waals surface area contributed by atoms with E-state index in [2.05, 4.69) is 24.1 Å². The van der Waals surface area contributed by atoms with Gasteiger partial charge in [-0.05, 0) is 92.6 Å². The average Bonchev–Trinajstić information content (AvgIpc) is 3.09. The summed E-state index contributed by atoms with van der Waals surface area (Å²) < 4.78 is 23.0. The summed E-state index contributed by atoms with van der Waals surface area (Å²) in [6.45, 7) is 7.59. The number of hydrogen-bond acceptors (Lipinski definition) is 8. The fraction of sp³-hybridized carbons (Fsp3) is 0.333. The zero-order chi connectivity index (χ0) is 33.3. The van der Waals surface area contributed by atoms with Crippen molar-refractivity contribution in [2.45, 2.75) is 72.1 Å². The lowest BCUT2D eigenvalue weighted by Crippen LogP contribution is -2.10. The zero-order valence-corrected chi connectivity index (χ0v) is 27.6. The molecule has 4 aromatic carbocycles. The molecule has 0 unspecified atom stereocenters. The van der Waals surface area contributed by atoms with Crippen molar-refractivity contribution in [3.05, 3.63) is 108 Å². The molecule has 0 aliphatic carbocycles. The number of carbonyl (C=O) groups excluding carboxylic acids is 2. The fourth-order valence-corrected chi connectivity index (χ4v) is 4.58. The van der Waals surface area contributed by atoms with Crippen LogP contribution in [0.4, 0.5) is 11.4 Å². The zero-order valence-electron chi connectivity index (χ0n) is 27.6. The first kappa shape index (κ1) is 34.9. The van der Waals surface area contributed by atoms with Gasteiger partial charge in [0.2, 0.25) is 0 Å². The molecule has 0 aliphatic heterocycles. The molecule has 0 aromatic heterocycles. The third kappa shape index (κ3) is 11.7. The highest BCUT2D eigenvalue weighted by Gasteiger charge is 2.16. The van der Waals surface area contributed by atoms with Crippen molar-refractivity contribution in [1.29, 1.82) is 0 Å². The standard InChI is InChI=1S/C39H44N2O6/c1-4-6-8-10-26-44-33-20-14-30(15-21-33)38(42)46-35-24-25-36(41-40-32-18-12-29(3)13-19-32)37(28-35)47-39(43)31-16-22-34(23-17-31)45-27-11-9-7-5-2/h12-25,28H,4-11,26-27H2,1-3H3. The van der Waals surface area contributed by atoms with Gasteiger partial charge in [-0.15, -0.1) is 5.11 Å². The van der Waals surface area contributed by atoms with Gasteiger partial charge in [0, 0.05) is 6.07 Å². The van der Waals surface area contributed by atoms with Crippen LogP contribution in [0.25, 0.3) is 0 Å². The highest BCUT2D eigenvalue weighted by molar-refractivity contribution is 5.93. The van der Waals surface area contributed by atoms with Crippen LogP contribution >= 0.6 is 0 Å². The summed E-state index contributed by atoms with van der Waals surface area (Å²) in [6, 6.07) is 25.8. The summed E-state index contributed by atoms with van der Waals surface area (Å²) in [5.41, 5.74) is 2.73. The van der Waals surface area contributed by atoms with Crippen LogP contribution < -0.4 is 18.9 Å². The highest BCUT2D eigenvalue weighted by atomic mass is 16.5. The molecule has 0 saturated heterocycles. The third-order valence-electron chi connectivity index (χ3n) is 7.36. The van der Waals surface area contributed by atoms with Crippen LogP contribution in [0, 0.1) is 6.92 Å². The maximum absolute atomic E-state index is 13.2. The Kier molecular flexibility index (Phi) is 14.0. The lowest BCUT2D eigenvalue weighted by molar-refractivity contribution is 0.0733. The van der Waals surface area contributed by atoms with E-state index in [9.17, 15) is 9.59 Å². The molecule has 4 rings (SSSR count). The van der Waals surface area contributed by atoms with Crippen LogP contribution in [0.1, 0.15) is 91.5 Å². The second kappa shape index (κ2) is 18.9. The van der Waals surface area contributed by atoms with E-state index in [1.54, 1.807) is 60.7 Å². The van der Waals surface area contributed by atoms with E-state index in [0.29, 0.717) is 47.2 Å². The van der Waals surface area contributed by atoms with Crippen molar-refractivity contribution in [2.75, 3.05) is 13.2 Å². The summed E-state index contributed by atoms with van der Waals surface area (Å²) in [6.07, 6.45) is 8.94. The molecule has 0 atom stereocenters. The molecule has 4 aromatic rings. The summed E-state index contributed by atoms with van der Waals surface area (Å²) in [5.74, 6) is 0.513. The molecule has 0 aliphatic rings. The van der Waals surface area contributed by atoms with Crippen molar-refractivity contribution in [3.8, 4) is 23.0 Å². The normalized spacial score (nSPS) is 11.0. The largest absolute Gasteiger partial charge is 0.494 e. The van der Waals surface area contributed by atoms with Crippen molar-refractivity contribution in [1.82, 2.24) is 0 Å². The number of aryl methyl sites for hydroxylation is 1. The van der Waals surface area contributed by atoms with Crippen LogP contribution in [-0.4, -0.2) is 25.2 Å².